The second-order valence-electron chi connectivity index (χ2n) is 4.92. The summed E-state index contributed by atoms with van der Waals surface area (Å²) in [7, 11) is 4.06. The second kappa shape index (κ2) is 9.02. The van der Waals surface area contributed by atoms with Crippen molar-refractivity contribution in [2.24, 2.45) is 0 Å². The van der Waals surface area contributed by atoms with E-state index in [2.05, 4.69) is 17.1 Å². The van der Waals surface area contributed by atoms with Crippen LogP contribution >= 0.6 is 0 Å². The smallest absolute Gasteiger partial charge is 0.128 e. The van der Waals surface area contributed by atoms with Crippen LogP contribution in [0.4, 0.5) is 4.39 Å². The molecule has 0 saturated carbocycles. The van der Waals surface area contributed by atoms with Gasteiger partial charge in [-0.15, -0.1) is 0 Å². The van der Waals surface area contributed by atoms with Gasteiger partial charge in [0.15, 0.2) is 0 Å². The Kier molecular flexibility index (Phi) is 7.63. The SMILES string of the molecule is CCNCc1ccc(F)c(COCCCN(C)C)c1. The molecule has 0 unspecified atom stereocenters. The number of halogens is 1. The van der Waals surface area contributed by atoms with Gasteiger partial charge in [0.25, 0.3) is 0 Å². The molecule has 0 spiro atoms. The third-order valence-electron chi connectivity index (χ3n) is 2.84. The predicted octanol–water partition coefficient (Wildman–Crippen LogP) is 2.40. The summed E-state index contributed by atoms with van der Waals surface area (Å²) in [5, 5.41) is 3.23. The minimum Gasteiger partial charge on any atom is -0.377 e. The van der Waals surface area contributed by atoms with E-state index < -0.39 is 0 Å². The molecule has 1 aromatic carbocycles. The summed E-state index contributed by atoms with van der Waals surface area (Å²) in [4.78, 5) is 2.11. The van der Waals surface area contributed by atoms with E-state index in [-0.39, 0.29) is 5.82 Å². The van der Waals surface area contributed by atoms with Gasteiger partial charge in [0, 0.05) is 18.7 Å². The summed E-state index contributed by atoms with van der Waals surface area (Å²) in [6.07, 6.45) is 0.964. The van der Waals surface area contributed by atoms with Crippen molar-refractivity contribution in [3.05, 3.63) is 35.1 Å². The molecule has 0 saturated heterocycles. The molecule has 3 nitrogen and oxygen atoms in total. The Hall–Kier alpha value is -0.970. The maximum Gasteiger partial charge on any atom is 0.128 e. The normalized spacial score (nSPS) is 11.2. The standard InChI is InChI=1S/C15H25FN2O/c1-4-17-11-13-6-7-15(16)14(10-13)12-19-9-5-8-18(2)3/h6-7,10,17H,4-5,8-9,11-12H2,1-3H3. The van der Waals surface area contributed by atoms with Crippen LogP contribution in [0.1, 0.15) is 24.5 Å². The van der Waals surface area contributed by atoms with E-state index in [1.165, 1.54) is 6.07 Å². The minimum absolute atomic E-state index is 0.187. The highest BCUT2D eigenvalue weighted by atomic mass is 19.1. The van der Waals surface area contributed by atoms with Crippen molar-refractivity contribution in [3.63, 3.8) is 0 Å². The van der Waals surface area contributed by atoms with Crippen molar-refractivity contribution >= 4 is 0 Å². The fraction of sp³-hybridized carbons (Fsp3) is 0.600. The molecule has 1 aromatic rings. The van der Waals surface area contributed by atoms with E-state index >= 15 is 0 Å². The van der Waals surface area contributed by atoms with Gasteiger partial charge in [-0.05, 0) is 51.3 Å². The zero-order chi connectivity index (χ0) is 14.1. The number of nitrogens with one attached hydrogen (secondary N) is 1. The van der Waals surface area contributed by atoms with Gasteiger partial charge in [0.2, 0.25) is 0 Å². The average Bonchev–Trinajstić information content (AvgIpc) is 2.38. The van der Waals surface area contributed by atoms with Crippen LogP contribution in [0, 0.1) is 5.82 Å². The number of ether oxygens (including phenoxy) is 1. The Morgan fingerprint density at radius 1 is 1.32 bits per heavy atom. The number of benzene rings is 1. The van der Waals surface area contributed by atoms with Crippen LogP contribution in [0.15, 0.2) is 18.2 Å². The molecule has 0 aliphatic rings. The van der Waals surface area contributed by atoms with E-state index in [0.29, 0.717) is 18.8 Å². The highest BCUT2D eigenvalue weighted by molar-refractivity contribution is 5.24. The van der Waals surface area contributed by atoms with Gasteiger partial charge >= 0.3 is 0 Å². The van der Waals surface area contributed by atoms with E-state index in [1.54, 1.807) is 0 Å². The van der Waals surface area contributed by atoms with Gasteiger partial charge in [-0.25, -0.2) is 4.39 Å². The number of rotatable bonds is 9. The molecule has 0 heterocycles. The van der Waals surface area contributed by atoms with Crippen molar-refractivity contribution in [2.75, 3.05) is 33.8 Å². The fourth-order valence-corrected chi connectivity index (χ4v) is 1.78. The molecule has 4 heteroatoms. The zero-order valence-corrected chi connectivity index (χ0v) is 12.2. The molecule has 0 aliphatic carbocycles. The lowest BCUT2D eigenvalue weighted by molar-refractivity contribution is 0.111. The van der Waals surface area contributed by atoms with Crippen molar-refractivity contribution in [2.45, 2.75) is 26.5 Å². The second-order valence-corrected chi connectivity index (χ2v) is 4.92. The molecule has 0 amide bonds. The summed E-state index contributed by atoms with van der Waals surface area (Å²) in [5.74, 6) is -0.187. The Morgan fingerprint density at radius 2 is 2.11 bits per heavy atom. The summed E-state index contributed by atoms with van der Waals surface area (Å²) < 4.78 is 19.1. The number of hydrogen-bond donors (Lipinski definition) is 1. The zero-order valence-electron chi connectivity index (χ0n) is 12.2. The summed E-state index contributed by atoms with van der Waals surface area (Å²) in [6, 6.07) is 5.21. The van der Waals surface area contributed by atoms with Crippen LogP contribution in [0.2, 0.25) is 0 Å². The molecule has 108 valence electrons. The molecular formula is C15H25FN2O. The van der Waals surface area contributed by atoms with E-state index in [0.717, 1.165) is 31.6 Å². The van der Waals surface area contributed by atoms with Gasteiger partial charge < -0.3 is 15.0 Å². The van der Waals surface area contributed by atoms with E-state index in [1.807, 2.05) is 26.2 Å². The highest BCUT2D eigenvalue weighted by Crippen LogP contribution is 2.12. The molecule has 0 aliphatic heterocycles. The van der Waals surface area contributed by atoms with Crippen LogP contribution in [0.5, 0.6) is 0 Å². The van der Waals surface area contributed by atoms with Crippen molar-refractivity contribution in [1.82, 2.24) is 10.2 Å². The molecule has 0 bridgehead atoms. The van der Waals surface area contributed by atoms with Gasteiger partial charge in [0.05, 0.1) is 6.61 Å². The van der Waals surface area contributed by atoms with Gasteiger partial charge in [-0.3, -0.25) is 0 Å². The number of hydrogen-bond acceptors (Lipinski definition) is 3. The van der Waals surface area contributed by atoms with Crippen molar-refractivity contribution < 1.29 is 9.13 Å². The first-order valence-corrected chi connectivity index (χ1v) is 6.84. The molecule has 0 radical (unpaired) electrons. The Balaban J connectivity index is 2.39. The Labute approximate surface area is 115 Å². The Bertz CT molecular complexity index is 369. The largest absolute Gasteiger partial charge is 0.377 e. The highest BCUT2D eigenvalue weighted by Gasteiger charge is 2.04. The lowest BCUT2D eigenvalue weighted by atomic mass is 10.1. The monoisotopic (exact) mass is 268 g/mol. The molecule has 0 fully saturated rings. The molecular weight excluding hydrogens is 243 g/mol. The lowest BCUT2D eigenvalue weighted by Crippen LogP contribution is -2.15. The van der Waals surface area contributed by atoms with Crippen LogP contribution < -0.4 is 5.32 Å². The topological polar surface area (TPSA) is 24.5 Å². The first-order valence-electron chi connectivity index (χ1n) is 6.84. The first-order chi connectivity index (χ1) is 9.13. The first kappa shape index (κ1) is 16.1. The molecule has 0 atom stereocenters. The average molecular weight is 268 g/mol. The van der Waals surface area contributed by atoms with E-state index in [9.17, 15) is 4.39 Å². The molecule has 1 N–H and O–H groups in total. The maximum absolute atomic E-state index is 13.6. The van der Waals surface area contributed by atoms with E-state index in [4.69, 9.17) is 4.74 Å². The summed E-state index contributed by atoms with van der Waals surface area (Å²) in [5.41, 5.74) is 1.73. The van der Waals surface area contributed by atoms with Crippen LogP contribution in [-0.2, 0) is 17.9 Å². The van der Waals surface area contributed by atoms with Crippen LogP contribution in [0.25, 0.3) is 0 Å². The fourth-order valence-electron chi connectivity index (χ4n) is 1.78. The summed E-state index contributed by atoms with van der Waals surface area (Å²) in [6.45, 7) is 5.73. The third-order valence-corrected chi connectivity index (χ3v) is 2.84. The summed E-state index contributed by atoms with van der Waals surface area (Å²) >= 11 is 0. The third kappa shape index (κ3) is 6.66. The maximum atomic E-state index is 13.6. The molecule has 0 aromatic heterocycles. The van der Waals surface area contributed by atoms with Crippen molar-refractivity contribution in [3.8, 4) is 0 Å². The van der Waals surface area contributed by atoms with Crippen molar-refractivity contribution in [1.29, 1.82) is 0 Å². The Morgan fingerprint density at radius 3 is 2.79 bits per heavy atom. The van der Waals surface area contributed by atoms with Gasteiger partial charge in [0.1, 0.15) is 5.82 Å². The van der Waals surface area contributed by atoms with Crippen LogP contribution in [-0.4, -0.2) is 38.7 Å². The minimum atomic E-state index is -0.187. The lowest BCUT2D eigenvalue weighted by Gasteiger charge is -2.10. The van der Waals surface area contributed by atoms with Crippen LogP contribution in [0.3, 0.4) is 0 Å². The van der Waals surface area contributed by atoms with Gasteiger partial charge in [-0.2, -0.15) is 0 Å². The number of nitrogens with zero attached hydrogens (tertiary/aromatic N) is 1. The quantitative estimate of drug-likeness (QED) is 0.696. The molecule has 19 heavy (non-hydrogen) atoms. The van der Waals surface area contributed by atoms with Gasteiger partial charge in [-0.1, -0.05) is 13.0 Å². The molecule has 1 rings (SSSR count). The predicted molar refractivity (Wildman–Crippen MR) is 76.6 cm³/mol.